The summed E-state index contributed by atoms with van der Waals surface area (Å²) < 4.78 is 28.2. The smallest absolute Gasteiger partial charge is 0.236 e. The Kier molecular flexibility index (Phi) is 5.04. The fourth-order valence-corrected chi connectivity index (χ4v) is 6.20. The Labute approximate surface area is 189 Å². The van der Waals surface area contributed by atoms with E-state index in [4.69, 9.17) is 11.6 Å². The van der Waals surface area contributed by atoms with Gasteiger partial charge in [-0.15, -0.1) is 11.3 Å². The number of hydrogen-bond acceptors (Lipinski definition) is 5. The highest BCUT2D eigenvalue weighted by Gasteiger charge is 2.39. The molecule has 0 saturated heterocycles. The van der Waals surface area contributed by atoms with Crippen molar-refractivity contribution < 1.29 is 8.42 Å². The minimum absolute atomic E-state index is 0.192. The number of benzene rings is 2. The predicted molar refractivity (Wildman–Crippen MR) is 125 cm³/mol. The fourth-order valence-electron chi connectivity index (χ4n) is 3.76. The Bertz CT molecular complexity index is 1400. The van der Waals surface area contributed by atoms with Crippen molar-refractivity contribution in [3.63, 3.8) is 0 Å². The molecule has 5 rings (SSSR count). The van der Waals surface area contributed by atoms with E-state index < -0.39 is 16.1 Å². The molecule has 0 N–H and O–H groups in total. The summed E-state index contributed by atoms with van der Waals surface area (Å²) in [6.45, 7) is 2.01. The van der Waals surface area contributed by atoms with Crippen LogP contribution in [0, 0.1) is 6.92 Å². The van der Waals surface area contributed by atoms with Gasteiger partial charge >= 0.3 is 0 Å². The Morgan fingerprint density at radius 2 is 1.87 bits per heavy atom. The number of halogens is 1. The first-order valence-electron chi connectivity index (χ1n) is 9.71. The lowest BCUT2D eigenvalue weighted by Gasteiger charge is -2.24. The van der Waals surface area contributed by atoms with Crippen molar-refractivity contribution in [2.24, 2.45) is 5.10 Å². The third kappa shape index (κ3) is 3.63. The normalized spacial score (nSPS) is 16.6. The van der Waals surface area contributed by atoms with E-state index >= 15 is 0 Å². The zero-order valence-corrected chi connectivity index (χ0v) is 19.0. The summed E-state index contributed by atoms with van der Waals surface area (Å²) in [7, 11) is -3.87. The van der Waals surface area contributed by atoms with Crippen LogP contribution in [-0.4, -0.2) is 23.5 Å². The summed E-state index contributed by atoms with van der Waals surface area (Å²) in [5, 5.41) is 7.72. The first-order chi connectivity index (χ1) is 14.9. The highest BCUT2D eigenvalue weighted by Crippen LogP contribution is 2.40. The van der Waals surface area contributed by atoms with Crippen LogP contribution >= 0.6 is 22.9 Å². The van der Waals surface area contributed by atoms with E-state index in [1.807, 2.05) is 48.7 Å². The van der Waals surface area contributed by atoms with Crippen molar-refractivity contribution in [3.05, 3.63) is 93.3 Å². The lowest BCUT2D eigenvalue weighted by molar-refractivity contribution is 0.371. The summed E-state index contributed by atoms with van der Waals surface area (Å²) in [5.74, 6) is 0. The number of fused-ring (bicyclic) bond motifs is 1. The zero-order chi connectivity index (χ0) is 21.6. The Morgan fingerprint density at radius 3 is 2.61 bits per heavy atom. The largest absolute Gasteiger partial charge is 0.279 e. The van der Waals surface area contributed by atoms with Crippen LogP contribution in [0.5, 0.6) is 0 Å². The maximum Gasteiger partial charge on any atom is 0.279 e. The van der Waals surface area contributed by atoms with Crippen LogP contribution in [0.25, 0.3) is 10.9 Å². The number of nitrogens with zero attached hydrogens (tertiary/aromatic N) is 3. The molecule has 0 aliphatic carbocycles. The Hall–Kier alpha value is -2.74. The number of sulfonamides is 1. The number of pyridine rings is 1. The van der Waals surface area contributed by atoms with Crippen LogP contribution in [0.1, 0.15) is 28.5 Å². The van der Waals surface area contributed by atoms with Gasteiger partial charge in [0.25, 0.3) is 10.0 Å². The van der Waals surface area contributed by atoms with Gasteiger partial charge in [0, 0.05) is 17.4 Å². The molecule has 3 heterocycles. The second kappa shape index (κ2) is 7.75. The Morgan fingerprint density at radius 1 is 1.06 bits per heavy atom. The molecule has 0 spiro atoms. The Balaban J connectivity index is 1.66. The van der Waals surface area contributed by atoms with E-state index in [2.05, 4.69) is 10.1 Å². The standard InChI is InChI=1S/C23H18ClN3O2S2/c1-15-9-10-19-16(12-15)13-18(23(24)25-19)21-14-20(22-8-5-11-30-22)26-27(21)31(28,29)17-6-3-2-4-7-17/h2-13,21H,14H2,1H3. The van der Waals surface area contributed by atoms with Gasteiger partial charge in [0.1, 0.15) is 5.15 Å². The van der Waals surface area contributed by atoms with Gasteiger partial charge in [-0.25, -0.2) is 4.98 Å². The van der Waals surface area contributed by atoms with Crippen molar-refractivity contribution >= 4 is 49.6 Å². The molecule has 1 aliphatic rings. The molecule has 1 atom stereocenters. The van der Waals surface area contributed by atoms with Gasteiger partial charge < -0.3 is 0 Å². The monoisotopic (exact) mass is 467 g/mol. The molecule has 1 aliphatic heterocycles. The van der Waals surface area contributed by atoms with Gasteiger partial charge in [-0.1, -0.05) is 47.5 Å². The molecular formula is C23H18ClN3O2S2. The highest BCUT2D eigenvalue weighted by molar-refractivity contribution is 7.89. The molecule has 1 unspecified atom stereocenters. The number of hydrogen-bond donors (Lipinski definition) is 0. The molecule has 156 valence electrons. The van der Waals surface area contributed by atoms with Crippen molar-refractivity contribution in [2.45, 2.75) is 24.3 Å². The fraction of sp³-hybridized carbons (Fsp3) is 0.130. The molecule has 0 bridgehead atoms. The van der Waals surface area contributed by atoms with E-state index in [0.717, 1.165) is 27.1 Å². The van der Waals surface area contributed by atoms with E-state index in [1.54, 1.807) is 30.3 Å². The van der Waals surface area contributed by atoms with Gasteiger partial charge in [0.2, 0.25) is 0 Å². The predicted octanol–water partition coefficient (Wildman–Crippen LogP) is 5.80. The molecule has 0 saturated carbocycles. The number of aryl methyl sites for hydroxylation is 1. The summed E-state index contributed by atoms with van der Waals surface area (Å²) in [4.78, 5) is 5.67. The van der Waals surface area contributed by atoms with Crippen LogP contribution in [0.3, 0.4) is 0 Å². The van der Waals surface area contributed by atoms with Crippen LogP contribution < -0.4 is 0 Å². The van der Waals surface area contributed by atoms with Crippen molar-refractivity contribution in [1.82, 2.24) is 9.40 Å². The van der Waals surface area contributed by atoms with Crippen molar-refractivity contribution in [2.75, 3.05) is 0 Å². The lowest BCUT2D eigenvalue weighted by atomic mass is 10.0. The number of hydrazone groups is 1. The third-order valence-corrected chi connectivity index (χ3v) is 8.19. The molecule has 5 nitrogen and oxygen atoms in total. The second-order valence-electron chi connectivity index (χ2n) is 7.40. The van der Waals surface area contributed by atoms with Gasteiger partial charge in [0.05, 0.1) is 27.0 Å². The lowest BCUT2D eigenvalue weighted by Crippen LogP contribution is -2.27. The summed E-state index contributed by atoms with van der Waals surface area (Å²) in [6, 6.07) is 19.5. The van der Waals surface area contributed by atoms with Crippen molar-refractivity contribution in [1.29, 1.82) is 0 Å². The SMILES string of the molecule is Cc1ccc2nc(Cl)c(C3CC(c4cccs4)=NN3S(=O)(=O)c3ccccc3)cc2c1. The summed E-state index contributed by atoms with van der Waals surface area (Å²) in [6.07, 6.45) is 0.422. The van der Waals surface area contributed by atoms with Gasteiger partial charge in [-0.3, -0.25) is 0 Å². The molecule has 2 aromatic heterocycles. The molecule has 0 radical (unpaired) electrons. The molecule has 2 aromatic carbocycles. The van der Waals surface area contributed by atoms with Crippen molar-refractivity contribution in [3.8, 4) is 0 Å². The van der Waals surface area contributed by atoms with E-state index in [-0.39, 0.29) is 10.0 Å². The number of aromatic nitrogens is 1. The summed E-state index contributed by atoms with van der Waals surface area (Å²) in [5.41, 5.74) is 3.24. The molecule has 8 heteroatoms. The van der Waals surface area contributed by atoms with Gasteiger partial charge in [-0.2, -0.15) is 17.9 Å². The van der Waals surface area contributed by atoms with Crippen LogP contribution in [-0.2, 0) is 10.0 Å². The molecule has 31 heavy (non-hydrogen) atoms. The quantitative estimate of drug-likeness (QED) is 0.356. The van der Waals surface area contributed by atoms with Gasteiger partial charge in [0.15, 0.2) is 0 Å². The zero-order valence-electron chi connectivity index (χ0n) is 16.6. The molecule has 0 fully saturated rings. The minimum Gasteiger partial charge on any atom is -0.236 e. The van der Waals surface area contributed by atoms with Crippen LogP contribution in [0.2, 0.25) is 5.15 Å². The average Bonchev–Trinajstić information content (AvgIpc) is 3.44. The highest BCUT2D eigenvalue weighted by atomic mass is 35.5. The maximum atomic E-state index is 13.5. The second-order valence-corrected chi connectivity index (χ2v) is 10.5. The third-order valence-electron chi connectivity index (χ3n) is 5.28. The average molecular weight is 468 g/mol. The first kappa shape index (κ1) is 20.2. The maximum absolute atomic E-state index is 13.5. The molecular weight excluding hydrogens is 450 g/mol. The number of thiophene rings is 1. The van der Waals surface area contributed by atoms with Crippen LogP contribution in [0.4, 0.5) is 0 Å². The van der Waals surface area contributed by atoms with E-state index in [9.17, 15) is 8.42 Å². The molecule has 0 amide bonds. The number of rotatable bonds is 4. The van der Waals surface area contributed by atoms with Gasteiger partial charge in [-0.05, 0) is 48.7 Å². The topological polar surface area (TPSA) is 62.6 Å². The van der Waals surface area contributed by atoms with Crippen LogP contribution in [0.15, 0.2) is 82.1 Å². The minimum atomic E-state index is -3.87. The van der Waals surface area contributed by atoms with E-state index in [1.165, 1.54) is 15.8 Å². The molecule has 4 aromatic rings. The van der Waals surface area contributed by atoms with E-state index in [0.29, 0.717) is 12.0 Å². The summed E-state index contributed by atoms with van der Waals surface area (Å²) >= 11 is 8.11. The first-order valence-corrected chi connectivity index (χ1v) is 12.4.